The lowest BCUT2D eigenvalue weighted by molar-refractivity contribution is -0.129. The maximum Gasteiger partial charge on any atom is 0.231 e. The predicted octanol–water partition coefficient (Wildman–Crippen LogP) is 3.48. The molecule has 3 nitrogen and oxygen atoms in total. The molecule has 98 valence electrons. The standard InChI is InChI=1S/C13H16BrClN2O/c1-8-5-9(14)11(6-10(8)15)17-12(18)13(7-16)3-2-4-13/h5-6H,2-4,7,16H2,1H3,(H,17,18). The fourth-order valence-electron chi connectivity index (χ4n) is 2.12. The summed E-state index contributed by atoms with van der Waals surface area (Å²) in [6, 6.07) is 3.66. The molecule has 0 aromatic heterocycles. The van der Waals surface area contributed by atoms with Crippen LogP contribution in [0, 0.1) is 12.3 Å². The maximum absolute atomic E-state index is 12.2. The van der Waals surface area contributed by atoms with Crippen LogP contribution in [0.15, 0.2) is 16.6 Å². The van der Waals surface area contributed by atoms with Gasteiger partial charge in [-0.25, -0.2) is 0 Å². The molecular formula is C13H16BrClN2O. The van der Waals surface area contributed by atoms with Crippen LogP contribution in [0.1, 0.15) is 24.8 Å². The zero-order valence-electron chi connectivity index (χ0n) is 10.2. The first kappa shape index (κ1) is 13.8. The molecule has 0 aliphatic heterocycles. The van der Waals surface area contributed by atoms with Gasteiger partial charge in [0, 0.05) is 16.0 Å². The Morgan fingerprint density at radius 1 is 1.56 bits per heavy atom. The SMILES string of the molecule is Cc1cc(Br)c(NC(=O)C2(CN)CCC2)cc1Cl. The Hall–Kier alpha value is -0.580. The molecule has 1 aromatic carbocycles. The van der Waals surface area contributed by atoms with E-state index in [4.69, 9.17) is 17.3 Å². The normalized spacial score (nSPS) is 17.1. The van der Waals surface area contributed by atoms with Crippen molar-refractivity contribution in [3.05, 3.63) is 27.2 Å². The monoisotopic (exact) mass is 330 g/mol. The minimum atomic E-state index is -0.378. The smallest absolute Gasteiger partial charge is 0.231 e. The number of hydrogen-bond donors (Lipinski definition) is 2. The minimum Gasteiger partial charge on any atom is -0.329 e. The molecule has 0 bridgehead atoms. The Morgan fingerprint density at radius 2 is 2.22 bits per heavy atom. The van der Waals surface area contributed by atoms with Crippen LogP contribution in [0.3, 0.4) is 0 Å². The summed E-state index contributed by atoms with van der Waals surface area (Å²) in [7, 11) is 0. The average Bonchev–Trinajstić information content (AvgIpc) is 2.25. The van der Waals surface area contributed by atoms with Crippen LogP contribution in [-0.4, -0.2) is 12.5 Å². The van der Waals surface area contributed by atoms with E-state index in [9.17, 15) is 4.79 Å². The third kappa shape index (κ3) is 2.42. The number of benzene rings is 1. The molecule has 3 N–H and O–H groups in total. The van der Waals surface area contributed by atoms with E-state index in [0.717, 1.165) is 29.3 Å². The van der Waals surface area contributed by atoms with Gasteiger partial charge >= 0.3 is 0 Å². The second-order valence-corrected chi connectivity index (χ2v) is 6.13. The number of nitrogens with one attached hydrogen (secondary N) is 1. The first-order valence-electron chi connectivity index (χ1n) is 5.96. The largest absolute Gasteiger partial charge is 0.329 e. The van der Waals surface area contributed by atoms with E-state index in [2.05, 4.69) is 21.2 Å². The molecule has 1 amide bonds. The fraction of sp³-hybridized carbons (Fsp3) is 0.462. The van der Waals surface area contributed by atoms with Gasteiger partial charge in [0.1, 0.15) is 0 Å². The molecule has 0 atom stereocenters. The van der Waals surface area contributed by atoms with Crippen molar-refractivity contribution in [2.45, 2.75) is 26.2 Å². The van der Waals surface area contributed by atoms with Gasteiger partial charge in [-0.15, -0.1) is 0 Å². The van der Waals surface area contributed by atoms with Crippen molar-refractivity contribution >= 4 is 39.1 Å². The van der Waals surface area contributed by atoms with Gasteiger partial charge in [-0.1, -0.05) is 18.0 Å². The van der Waals surface area contributed by atoms with Crippen LogP contribution < -0.4 is 11.1 Å². The molecule has 1 aromatic rings. The van der Waals surface area contributed by atoms with Crippen LogP contribution in [0.2, 0.25) is 5.02 Å². The number of aryl methyl sites for hydroxylation is 1. The Balaban J connectivity index is 2.19. The molecule has 5 heteroatoms. The van der Waals surface area contributed by atoms with E-state index < -0.39 is 0 Å². The molecule has 2 rings (SSSR count). The van der Waals surface area contributed by atoms with Crippen LogP contribution in [0.5, 0.6) is 0 Å². The lowest BCUT2D eigenvalue weighted by Crippen LogP contribution is -2.47. The molecule has 0 unspecified atom stereocenters. The molecule has 18 heavy (non-hydrogen) atoms. The Kier molecular flexibility index (Phi) is 3.99. The summed E-state index contributed by atoms with van der Waals surface area (Å²) in [5, 5.41) is 3.56. The quantitative estimate of drug-likeness (QED) is 0.891. The third-order valence-electron chi connectivity index (χ3n) is 3.68. The van der Waals surface area contributed by atoms with Crippen molar-refractivity contribution in [1.82, 2.24) is 0 Å². The number of halogens is 2. The Bertz CT molecular complexity index is 481. The van der Waals surface area contributed by atoms with Gasteiger partial charge in [0.15, 0.2) is 0 Å². The molecule has 0 spiro atoms. The Labute approximate surface area is 120 Å². The van der Waals surface area contributed by atoms with E-state index in [1.165, 1.54) is 0 Å². The molecule has 0 heterocycles. The van der Waals surface area contributed by atoms with Crippen molar-refractivity contribution < 1.29 is 4.79 Å². The van der Waals surface area contributed by atoms with Gasteiger partial charge in [-0.05, 0) is 53.4 Å². The Morgan fingerprint density at radius 3 is 2.72 bits per heavy atom. The van der Waals surface area contributed by atoms with Gasteiger partial charge in [0.05, 0.1) is 11.1 Å². The second kappa shape index (κ2) is 5.19. The molecule has 0 saturated heterocycles. The summed E-state index contributed by atoms with van der Waals surface area (Å²) in [5.74, 6) is -0.00290. The molecule has 1 saturated carbocycles. The lowest BCUT2D eigenvalue weighted by Gasteiger charge is -2.39. The number of nitrogens with two attached hydrogens (primary N) is 1. The zero-order valence-corrected chi connectivity index (χ0v) is 12.6. The number of carbonyl (C=O) groups excluding carboxylic acids is 1. The first-order chi connectivity index (χ1) is 8.48. The summed E-state index contributed by atoms with van der Waals surface area (Å²) in [6.45, 7) is 2.32. The van der Waals surface area contributed by atoms with Crippen molar-refractivity contribution in [3.63, 3.8) is 0 Å². The predicted molar refractivity (Wildman–Crippen MR) is 77.9 cm³/mol. The van der Waals surface area contributed by atoms with Crippen LogP contribution in [0.25, 0.3) is 0 Å². The number of rotatable bonds is 3. The van der Waals surface area contributed by atoms with E-state index in [1.54, 1.807) is 6.07 Å². The van der Waals surface area contributed by atoms with Gasteiger partial charge in [-0.2, -0.15) is 0 Å². The summed E-state index contributed by atoms with van der Waals surface area (Å²) >= 11 is 9.50. The highest BCUT2D eigenvalue weighted by atomic mass is 79.9. The lowest BCUT2D eigenvalue weighted by atomic mass is 9.68. The number of carbonyl (C=O) groups is 1. The van der Waals surface area contributed by atoms with Crippen LogP contribution in [-0.2, 0) is 4.79 Å². The van der Waals surface area contributed by atoms with E-state index in [-0.39, 0.29) is 11.3 Å². The summed E-state index contributed by atoms with van der Waals surface area (Å²) in [4.78, 5) is 12.2. The number of anilines is 1. The number of hydrogen-bond acceptors (Lipinski definition) is 2. The van der Waals surface area contributed by atoms with Gasteiger partial charge in [0.25, 0.3) is 0 Å². The number of amides is 1. The summed E-state index contributed by atoms with van der Waals surface area (Å²) in [6.07, 6.45) is 2.81. The second-order valence-electron chi connectivity index (χ2n) is 4.87. The molecular weight excluding hydrogens is 316 g/mol. The molecule has 0 radical (unpaired) electrons. The topological polar surface area (TPSA) is 55.1 Å². The zero-order chi connectivity index (χ0) is 13.3. The van der Waals surface area contributed by atoms with Crippen molar-refractivity contribution in [3.8, 4) is 0 Å². The molecule has 1 fully saturated rings. The highest BCUT2D eigenvalue weighted by Crippen LogP contribution is 2.41. The van der Waals surface area contributed by atoms with Crippen LogP contribution >= 0.6 is 27.5 Å². The van der Waals surface area contributed by atoms with Crippen LogP contribution in [0.4, 0.5) is 5.69 Å². The third-order valence-corrected chi connectivity index (χ3v) is 4.74. The van der Waals surface area contributed by atoms with Gasteiger partial charge < -0.3 is 11.1 Å². The van der Waals surface area contributed by atoms with Gasteiger partial charge in [0.2, 0.25) is 5.91 Å². The highest BCUT2D eigenvalue weighted by molar-refractivity contribution is 9.10. The van der Waals surface area contributed by atoms with Gasteiger partial charge in [-0.3, -0.25) is 4.79 Å². The van der Waals surface area contributed by atoms with E-state index in [0.29, 0.717) is 17.3 Å². The summed E-state index contributed by atoms with van der Waals surface area (Å²) in [5.41, 5.74) is 7.01. The van der Waals surface area contributed by atoms with Crippen molar-refractivity contribution in [2.24, 2.45) is 11.1 Å². The first-order valence-corrected chi connectivity index (χ1v) is 7.13. The minimum absolute atomic E-state index is 0.00290. The highest BCUT2D eigenvalue weighted by Gasteiger charge is 2.42. The molecule has 1 aliphatic rings. The maximum atomic E-state index is 12.2. The van der Waals surface area contributed by atoms with Crippen molar-refractivity contribution in [2.75, 3.05) is 11.9 Å². The average molecular weight is 332 g/mol. The van der Waals surface area contributed by atoms with E-state index >= 15 is 0 Å². The summed E-state index contributed by atoms with van der Waals surface area (Å²) < 4.78 is 0.837. The van der Waals surface area contributed by atoms with E-state index in [1.807, 2.05) is 13.0 Å². The van der Waals surface area contributed by atoms with Crippen molar-refractivity contribution in [1.29, 1.82) is 0 Å². The fourth-order valence-corrected chi connectivity index (χ4v) is 2.85. The molecule has 1 aliphatic carbocycles.